The number of fused-ring (bicyclic) bond motifs is 4. The summed E-state index contributed by atoms with van der Waals surface area (Å²) in [6.45, 7) is 0. The third-order valence-electron chi connectivity index (χ3n) is 3.57. The van der Waals surface area contributed by atoms with Gasteiger partial charge in [-0.3, -0.25) is 0 Å². The lowest BCUT2D eigenvalue weighted by Gasteiger charge is -2.06. The Kier molecular flexibility index (Phi) is 2.27. The highest BCUT2D eigenvalue weighted by Gasteiger charge is 2.03. The van der Waals surface area contributed by atoms with Gasteiger partial charge in [-0.05, 0) is 50.5 Å². The van der Waals surface area contributed by atoms with Crippen LogP contribution in [0, 0.1) is 6.07 Å². The summed E-state index contributed by atoms with van der Waals surface area (Å²) < 4.78 is 0. The van der Waals surface area contributed by atoms with Gasteiger partial charge in [0, 0.05) is 11.1 Å². The maximum Gasteiger partial charge on any atom is 0.0491 e. The second-order valence-electron chi connectivity index (χ2n) is 4.76. The van der Waals surface area contributed by atoms with Crippen molar-refractivity contribution < 1.29 is 0 Å². The largest absolute Gasteiger partial charge is 0.0836 e. The average Bonchev–Trinajstić information content (AvgIpc) is 2.45. The molecule has 0 atom stereocenters. The average molecular weight is 262 g/mol. The first-order valence-electron chi connectivity index (χ1n) is 6.24. The summed E-state index contributed by atoms with van der Waals surface area (Å²) in [7, 11) is 0. The van der Waals surface area contributed by atoms with Crippen LogP contribution in [0.3, 0.4) is 0 Å². The predicted octanol–water partition coefficient (Wildman–Crippen LogP) is 5.60. The molecule has 0 amide bonds. The van der Waals surface area contributed by atoms with Gasteiger partial charge in [-0.25, -0.2) is 0 Å². The minimum absolute atomic E-state index is 0.660. The highest BCUT2D eigenvalue weighted by Crippen LogP contribution is 2.30. The molecule has 0 unspecified atom stereocenters. The molecule has 0 heterocycles. The Labute approximate surface area is 116 Å². The molecule has 89 valence electrons. The van der Waals surface area contributed by atoms with Gasteiger partial charge in [-0.2, -0.15) is 0 Å². The molecule has 0 fully saturated rings. The molecular formula is C18H10Cl. The van der Waals surface area contributed by atoms with Crippen molar-refractivity contribution in [3.63, 3.8) is 0 Å². The fourth-order valence-corrected chi connectivity index (χ4v) is 2.79. The summed E-state index contributed by atoms with van der Waals surface area (Å²) in [6, 6.07) is 24.3. The summed E-state index contributed by atoms with van der Waals surface area (Å²) in [5.74, 6) is 0. The maximum atomic E-state index is 6.08. The van der Waals surface area contributed by atoms with Gasteiger partial charge in [0.25, 0.3) is 0 Å². The van der Waals surface area contributed by atoms with Gasteiger partial charge in [0.15, 0.2) is 0 Å². The monoisotopic (exact) mass is 261 g/mol. The number of benzene rings is 4. The molecule has 1 radical (unpaired) electrons. The lowest BCUT2D eigenvalue weighted by Crippen LogP contribution is -1.80. The topological polar surface area (TPSA) is 0 Å². The fourth-order valence-electron chi connectivity index (χ4n) is 2.63. The summed E-state index contributed by atoms with van der Waals surface area (Å²) in [4.78, 5) is 0. The minimum atomic E-state index is 0.660. The standard InChI is InChI=1S/C18H10Cl/c19-16-8-7-12-5-6-15-9-13-3-1-2-4-14(13)10-17(15)18(12)11-16/h1-10H. The molecule has 4 rings (SSSR count). The zero-order valence-corrected chi connectivity index (χ0v) is 10.9. The van der Waals surface area contributed by atoms with Crippen LogP contribution in [0.1, 0.15) is 0 Å². The quantitative estimate of drug-likeness (QED) is 0.285. The van der Waals surface area contributed by atoms with Crippen LogP contribution >= 0.6 is 11.6 Å². The number of rotatable bonds is 0. The van der Waals surface area contributed by atoms with Crippen molar-refractivity contribution in [1.82, 2.24) is 0 Å². The van der Waals surface area contributed by atoms with E-state index in [1.165, 1.54) is 26.9 Å². The van der Waals surface area contributed by atoms with E-state index in [0.717, 1.165) is 5.39 Å². The van der Waals surface area contributed by atoms with Crippen molar-refractivity contribution in [2.45, 2.75) is 0 Å². The van der Waals surface area contributed by atoms with Crippen molar-refractivity contribution in [2.75, 3.05) is 0 Å². The van der Waals surface area contributed by atoms with E-state index in [1.54, 1.807) is 0 Å². The summed E-state index contributed by atoms with van der Waals surface area (Å²) >= 11 is 6.08. The lowest BCUT2D eigenvalue weighted by atomic mass is 9.98. The molecule has 1 heteroatoms. The maximum absolute atomic E-state index is 6.08. The zero-order chi connectivity index (χ0) is 12.8. The summed E-state index contributed by atoms with van der Waals surface area (Å²) in [5, 5.41) is 7.87. The van der Waals surface area contributed by atoms with Gasteiger partial charge in [-0.15, -0.1) is 0 Å². The first-order chi connectivity index (χ1) is 9.31. The normalized spacial score (nSPS) is 11.4. The highest BCUT2D eigenvalue weighted by molar-refractivity contribution is 6.31. The molecule has 0 saturated heterocycles. The molecule has 0 aromatic heterocycles. The smallest absolute Gasteiger partial charge is 0.0491 e. The SMILES string of the molecule is Clc1[c]c2c(cc1)ccc1cc3ccccc3cc12. The molecule has 0 spiro atoms. The Bertz CT molecular complexity index is 922. The Morgan fingerprint density at radius 1 is 0.684 bits per heavy atom. The highest BCUT2D eigenvalue weighted by atomic mass is 35.5. The van der Waals surface area contributed by atoms with E-state index >= 15 is 0 Å². The molecule has 0 bridgehead atoms. The van der Waals surface area contributed by atoms with Crippen LogP contribution in [-0.2, 0) is 0 Å². The Morgan fingerprint density at radius 3 is 2.21 bits per heavy atom. The van der Waals surface area contributed by atoms with E-state index in [2.05, 4.69) is 54.6 Å². The Balaban J connectivity index is 2.25. The van der Waals surface area contributed by atoms with Crippen LogP contribution in [0.4, 0.5) is 0 Å². The van der Waals surface area contributed by atoms with Crippen molar-refractivity contribution >= 4 is 43.9 Å². The van der Waals surface area contributed by atoms with E-state index in [9.17, 15) is 0 Å². The molecule has 0 saturated carbocycles. The Hall–Kier alpha value is -2.05. The second-order valence-corrected chi connectivity index (χ2v) is 5.16. The first-order valence-corrected chi connectivity index (χ1v) is 6.62. The van der Waals surface area contributed by atoms with E-state index in [4.69, 9.17) is 11.6 Å². The molecule has 4 aromatic rings. The van der Waals surface area contributed by atoms with Gasteiger partial charge < -0.3 is 0 Å². The third kappa shape index (κ3) is 1.68. The molecule has 0 N–H and O–H groups in total. The van der Waals surface area contributed by atoms with Crippen molar-refractivity contribution in [2.24, 2.45) is 0 Å². The summed E-state index contributed by atoms with van der Waals surface area (Å²) in [5.41, 5.74) is 0. The van der Waals surface area contributed by atoms with Crippen molar-refractivity contribution in [3.05, 3.63) is 71.8 Å². The van der Waals surface area contributed by atoms with Crippen LogP contribution in [0.15, 0.2) is 60.7 Å². The molecule has 0 aliphatic heterocycles. The number of halogens is 1. The fraction of sp³-hybridized carbons (Fsp3) is 0. The van der Waals surface area contributed by atoms with E-state index in [-0.39, 0.29) is 0 Å². The van der Waals surface area contributed by atoms with E-state index in [1.807, 2.05) is 12.1 Å². The van der Waals surface area contributed by atoms with Gasteiger partial charge in [0.1, 0.15) is 0 Å². The van der Waals surface area contributed by atoms with Gasteiger partial charge >= 0.3 is 0 Å². The van der Waals surface area contributed by atoms with Gasteiger partial charge in [0.05, 0.1) is 0 Å². The zero-order valence-electron chi connectivity index (χ0n) is 10.2. The van der Waals surface area contributed by atoms with E-state index in [0.29, 0.717) is 5.02 Å². The van der Waals surface area contributed by atoms with Crippen LogP contribution in [0.5, 0.6) is 0 Å². The third-order valence-corrected chi connectivity index (χ3v) is 3.79. The van der Waals surface area contributed by atoms with Crippen molar-refractivity contribution in [1.29, 1.82) is 0 Å². The molecule has 19 heavy (non-hydrogen) atoms. The lowest BCUT2D eigenvalue weighted by molar-refractivity contribution is 1.76. The molecule has 0 nitrogen and oxygen atoms in total. The molecule has 4 aromatic carbocycles. The number of hydrogen-bond acceptors (Lipinski definition) is 0. The van der Waals surface area contributed by atoms with Crippen LogP contribution in [0.25, 0.3) is 32.3 Å². The Morgan fingerprint density at radius 2 is 1.37 bits per heavy atom. The van der Waals surface area contributed by atoms with Crippen molar-refractivity contribution in [3.8, 4) is 0 Å². The van der Waals surface area contributed by atoms with Gasteiger partial charge in [0.2, 0.25) is 0 Å². The first kappa shape index (κ1) is 10.8. The predicted molar refractivity (Wildman–Crippen MR) is 82.8 cm³/mol. The number of hydrogen-bond donors (Lipinski definition) is 0. The van der Waals surface area contributed by atoms with Crippen LogP contribution < -0.4 is 0 Å². The minimum Gasteiger partial charge on any atom is -0.0836 e. The van der Waals surface area contributed by atoms with Crippen LogP contribution in [-0.4, -0.2) is 0 Å². The van der Waals surface area contributed by atoms with E-state index < -0.39 is 0 Å². The molecule has 0 aliphatic carbocycles. The van der Waals surface area contributed by atoms with Crippen LogP contribution in [0.2, 0.25) is 5.02 Å². The summed E-state index contributed by atoms with van der Waals surface area (Å²) in [6.07, 6.45) is 0. The molecule has 0 aliphatic rings. The van der Waals surface area contributed by atoms with Gasteiger partial charge in [-0.1, -0.05) is 54.1 Å². The second kappa shape index (κ2) is 3.97. The molecular weight excluding hydrogens is 252 g/mol.